The molecule has 0 saturated heterocycles. The van der Waals surface area contributed by atoms with Crippen LogP contribution in [0.15, 0.2) is 36.4 Å². The molecule has 0 fully saturated rings. The number of benzene rings is 2. The summed E-state index contributed by atoms with van der Waals surface area (Å²) >= 11 is 8.31. The number of halogens is 3. The third kappa shape index (κ3) is 2.47. The van der Waals surface area contributed by atoms with Gasteiger partial charge in [-0.15, -0.1) is 0 Å². The van der Waals surface area contributed by atoms with Gasteiger partial charge in [0.15, 0.2) is 0 Å². The second-order valence-electron chi connectivity index (χ2n) is 4.42. The molecule has 0 saturated carbocycles. The van der Waals surface area contributed by atoms with Gasteiger partial charge in [0.05, 0.1) is 10.7 Å². The monoisotopic (exact) mass is 402 g/mol. The molecule has 2 aromatic rings. The van der Waals surface area contributed by atoms with Gasteiger partial charge >= 0.3 is 0 Å². The molecule has 1 amide bonds. The predicted molar refractivity (Wildman–Crippen MR) is 85.6 cm³/mol. The zero-order chi connectivity index (χ0) is 14.3. The number of hydrogen-bond acceptors (Lipinski definition) is 2. The Morgan fingerprint density at radius 3 is 2.80 bits per heavy atom. The normalized spacial score (nSPS) is 16.8. The SMILES string of the molecule is O=C1Nc2cc(F)ccc2C1Nc1ccc(I)cc1Cl. The maximum absolute atomic E-state index is 13.2. The molecule has 1 atom stereocenters. The zero-order valence-electron chi connectivity index (χ0n) is 10.1. The van der Waals surface area contributed by atoms with Crippen LogP contribution in [0.25, 0.3) is 0 Å². The van der Waals surface area contributed by atoms with E-state index in [1.54, 1.807) is 6.07 Å². The van der Waals surface area contributed by atoms with Crippen molar-refractivity contribution in [2.24, 2.45) is 0 Å². The summed E-state index contributed by atoms with van der Waals surface area (Å²) in [6.45, 7) is 0. The van der Waals surface area contributed by atoms with E-state index in [9.17, 15) is 9.18 Å². The molecule has 3 nitrogen and oxygen atoms in total. The van der Waals surface area contributed by atoms with Gasteiger partial charge in [-0.3, -0.25) is 4.79 Å². The molecule has 3 rings (SSSR count). The Labute approximate surface area is 133 Å². The summed E-state index contributed by atoms with van der Waals surface area (Å²) in [5.74, 6) is -0.600. The Hall–Kier alpha value is -1.34. The number of nitrogens with one attached hydrogen (secondary N) is 2. The van der Waals surface area contributed by atoms with E-state index in [1.165, 1.54) is 12.1 Å². The number of carbonyl (C=O) groups is 1. The van der Waals surface area contributed by atoms with Crippen LogP contribution >= 0.6 is 34.2 Å². The summed E-state index contributed by atoms with van der Waals surface area (Å²) in [5, 5.41) is 6.29. The Bertz CT molecular complexity index is 708. The van der Waals surface area contributed by atoms with E-state index in [2.05, 4.69) is 33.2 Å². The highest BCUT2D eigenvalue weighted by Gasteiger charge is 2.31. The van der Waals surface area contributed by atoms with E-state index >= 15 is 0 Å². The zero-order valence-corrected chi connectivity index (χ0v) is 13.0. The van der Waals surface area contributed by atoms with Crippen molar-refractivity contribution in [2.45, 2.75) is 6.04 Å². The standard InChI is InChI=1S/C14H9ClFIN2O/c15-10-6-8(17)2-4-11(10)18-13-9-3-1-7(16)5-12(9)19-14(13)20/h1-6,13,18H,(H,19,20). The lowest BCUT2D eigenvalue weighted by Gasteiger charge is -2.14. The molecule has 0 aromatic heterocycles. The van der Waals surface area contributed by atoms with E-state index in [4.69, 9.17) is 11.6 Å². The lowest BCUT2D eigenvalue weighted by atomic mass is 10.1. The molecule has 102 valence electrons. The fraction of sp³-hybridized carbons (Fsp3) is 0.0714. The molecule has 1 heterocycles. The molecule has 1 aliphatic heterocycles. The van der Waals surface area contributed by atoms with Crippen molar-refractivity contribution in [3.05, 3.63) is 56.4 Å². The van der Waals surface area contributed by atoms with Crippen LogP contribution in [0.4, 0.5) is 15.8 Å². The fourth-order valence-electron chi connectivity index (χ4n) is 2.14. The Balaban J connectivity index is 1.94. The van der Waals surface area contributed by atoms with Crippen LogP contribution in [-0.2, 0) is 4.79 Å². The summed E-state index contributed by atoms with van der Waals surface area (Å²) in [4.78, 5) is 12.0. The molecule has 0 aliphatic carbocycles. The lowest BCUT2D eigenvalue weighted by molar-refractivity contribution is -0.116. The first-order chi connectivity index (χ1) is 9.54. The van der Waals surface area contributed by atoms with Gasteiger partial charge in [0.1, 0.15) is 11.9 Å². The van der Waals surface area contributed by atoms with Gasteiger partial charge in [-0.05, 0) is 52.9 Å². The minimum atomic E-state index is -0.567. The molecule has 0 bridgehead atoms. The number of rotatable bonds is 2. The molecule has 0 spiro atoms. The van der Waals surface area contributed by atoms with E-state index in [-0.39, 0.29) is 11.7 Å². The predicted octanol–water partition coefficient (Wildman–Crippen LogP) is 4.19. The third-order valence-corrected chi connectivity index (χ3v) is 4.06. The van der Waals surface area contributed by atoms with E-state index in [0.29, 0.717) is 22.0 Å². The maximum Gasteiger partial charge on any atom is 0.251 e. The average molecular weight is 403 g/mol. The van der Waals surface area contributed by atoms with Crippen LogP contribution in [0.3, 0.4) is 0 Å². The van der Waals surface area contributed by atoms with Gasteiger partial charge in [0.25, 0.3) is 5.91 Å². The van der Waals surface area contributed by atoms with Crippen LogP contribution in [0.2, 0.25) is 5.02 Å². The van der Waals surface area contributed by atoms with Gasteiger partial charge < -0.3 is 10.6 Å². The lowest BCUT2D eigenvalue weighted by Crippen LogP contribution is -2.19. The summed E-state index contributed by atoms with van der Waals surface area (Å²) in [6.07, 6.45) is 0. The molecule has 2 N–H and O–H groups in total. The quantitative estimate of drug-likeness (QED) is 0.740. The van der Waals surface area contributed by atoms with Gasteiger partial charge in [-0.2, -0.15) is 0 Å². The van der Waals surface area contributed by atoms with Crippen molar-refractivity contribution in [1.29, 1.82) is 0 Å². The minimum Gasteiger partial charge on any atom is -0.369 e. The van der Waals surface area contributed by atoms with E-state index in [0.717, 1.165) is 3.57 Å². The summed E-state index contributed by atoms with van der Waals surface area (Å²) in [5.41, 5.74) is 1.88. The van der Waals surface area contributed by atoms with Gasteiger partial charge in [-0.1, -0.05) is 17.7 Å². The van der Waals surface area contributed by atoms with Gasteiger partial charge in [0, 0.05) is 14.8 Å². The Kier molecular flexibility index (Phi) is 3.55. The van der Waals surface area contributed by atoms with Crippen LogP contribution < -0.4 is 10.6 Å². The topological polar surface area (TPSA) is 41.1 Å². The largest absolute Gasteiger partial charge is 0.369 e. The number of anilines is 2. The molecule has 2 aromatic carbocycles. The van der Waals surface area contributed by atoms with Crippen molar-refractivity contribution >= 4 is 51.5 Å². The second kappa shape index (κ2) is 5.21. The van der Waals surface area contributed by atoms with Crippen molar-refractivity contribution in [3.8, 4) is 0 Å². The van der Waals surface area contributed by atoms with Crippen LogP contribution in [0, 0.1) is 9.39 Å². The highest BCUT2D eigenvalue weighted by molar-refractivity contribution is 14.1. The summed E-state index contributed by atoms with van der Waals surface area (Å²) in [6, 6.07) is 9.20. The number of fused-ring (bicyclic) bond motifs is 1. The number of amides is 1. The van der Waals surface area contributed by atoms with Crippen LogP contribution in [0.5, 0.6) is 0 Å². The fourth-order valence-corrected chi connectivity index (χ4v) is 3.05. The highest BCUT2D eigenvalue weighted by Crippen LogP contribution is 2.35. The minimum absolute atomic E-state index is 0.222. The molecule has 0 radical (unpaired) electrons. The van der Waals surface area contributed by atoms with E-state index < -0.39 is 6.04 Å². The Morgan fingerprint density at radius 2 is 2.05 bits per heavy atom. The first-order valence-electron chi connectivity index (χ1n) is 5.86. The first-order valence-corrected chi connectivity index (χ1v) is 7.32. The van der Waals surface area contributed by atoms with Gasteiger partial charge in [0.2, 0.25) is 0 Å². The number of hydrogen-bond donors (Lipinski definition) is 2. The first kappa shape index (κ1) is 13.6. The number of carbonyl (C=O) groups excluding carboxylic acids is 1. The maximum atomic E-state index is 13.2. The smallest absolute Gasteiger partial charge is 0.251 e. The van der Waals surface area contributed by atoms with Crippen LogP contribution in [0.1, 0.15) is 11.6 Å². The van der Waals surface area contributed by atoms with Crippen molar-refractivity contribution in [2.75, 3.05) is 10.6 Å². The molecule has 1 unspecified atom stereocenters. The molecule has 1 aliphatic rings. The summed E-state index contributed by atoms with van der Waals surface area (Å²) in [7, 11) is 0. The van der Waals surface area contributed by atoms with Crippen molar-refractivity contribution in [1.82, 2.24) is 0 Å². The molecule has 6 heteroatoms. The van der Waals surface area contributed by atoms with E-state index in [1.807, 2.05) is 18.2 Å². The molecule has 20 heavy (non-hydrogen) atoms. The third-order valence-electron chi connectivity index (χ3n) is 3.08. The van der Waals surface area contributed by atoms with Crippen LogP contribution in [-0.4, -0.2) is 5.91 Å². The second-order valence-corrected chi connectivity index (χ2v) is 6.08. The van der Waals surface area contributed by atoms with Gasteiger partial charge in [-0.25, -0.2) is 4.39 Å². The van der Waals surface area contributed by atoms with Crippen molar-refractivity contribution in [3.63, 3.8) is 0 Å². The molecular formula is C14H9ClFIN2O. The molecular weight excluding hydrogens is 394 g/mol. The Morgan fingerprint density at radius 1 is 1.25 bits per heavy atom. The summed E-state index contributed by atoms with van der Waals surface area (Å²) < 4.78 is 14.2. The van der Waals surface area contributed by atoms with Crippen molar-refractivity contribution < 1.29 is 9.18 Å². The average Bonchev–Trinajstić information content (AvgIpc) is 2.68. The highest BCUT2D eigenvalue weighted by atomic mass is 127.